The zero-order valence-electron chi connectivity index (χ0n) is 12.4. The standard InChI is InChI=1S/C8H16.C8H18/c1-7-3-5-8(2)6-4-7;1-4-7-8(5-2)6-3/h7-8H,3-6H2,1-2H3;8H,4-7H2,1-3H3. The molecule has 0 N–H and O–H groups in total. The van der Waals surface area contributed by atoms with Crippen LogP contribution in [0.25, 0.3) is 0 Å². The van der Waals surface area contributed by atoms with Crippen molar-refractivity contribution in [1.82, 2.24) is 0 Å². The fourth-order valence-corrected chi connectivity index (χ4v) is 2.53. The van der Waals surface area contributed by atoms with Crippen LogP contribution in [-0.2, 0) is 0 Å². The molecule has 0 atom stereocenters. The average molecular weight is 226 g/mol. The van der Waals surface area contributed by atoms with Crippen molar-refractivity contribution in [3.63, 3.8) is 0 Å². The molecule has 0 aromatic rings. The maximum atomic E-state index is 2.37. The van der Waals surface area contributed by atoms with Crippen LogP contribution in [0.1, 0.15) is 86.0 Å². The summed E-state index contributed by atoms with van der Waals surface area (Å²) in [6.07, 6.45) is 11.4. The largest absolute Gasteiger partial charge is 0.0654 e. The van der Waals surface area contributed by atoms with Crippen LogP contribution in [-0.4, -0.2) is 0 Å². The molecule has 0 heterocycles. The fraction of sp³-hybridized carbons (Fsp3) is 1.00. The monoisotopic (exact) mass is 226 g/mol. The molecule has 1 fully saturated rings. The molecule has 0 nitrogen and oxygen atoms in total. The van der Waals surface area contributed by atoms with Crippen LogP contribution < -0.4 is 0 Å². The Morgan fingerprint density at radius 2 is 1.19 bits per heavy atom. The summed E-state index contributed by atoms with van der Waals surface area (Å²) in [6, 6.07) is 0. The van der Waals surface area contributed by atoms with E-state index in [1.807, 2.05) is 0 Å². The summed E-state index contributed by atoms with van der Waals surface area (Å²) in [5.41, 5.74) is 0. The van der Waals surface area contributed by atoms with Crippen molar-refractivity contribution in [2.24, 2.45) is 17.8 Å². The molecule has 1 aliphatic carbocycles. The molecular formula is C16H34. The highest BCUT2D eigenvalue weighted by Gasteiger charge is 2.13. The van der Waals surface area contributed by atoms with Crippen molar-refractivity contribution in [1.29, 1.82) is 0 Å². The smallest absolute Gasteiger partial charge is 0.0420 e. The molecule has 0 spiro atoms. The lowest BCUT2D eigenvalue weighted by Crippen LogP contribution is -2.08. The zero-order valence-corrected chi connectivity index (χ0v) is 12.4. The van der Waals surface area contributed by atoms with Gasteiger partial charge in [0.2, 0.25) is 0 Å². The van der Waals surface area contributed by atoms with Gasteiger partial charge in [-0.1, -0.05) is 86.0 Å². The molecule has 0 saturated heterocycles. The highest BCUT2D eigenvalue weighted by Crippen LogP contribution is 2.27. The van der Waals surface area contributed by atoms with Crippen LogP contribution in [0, 0.1) is 17.8 Å². The van der Waals surface area contributed by atoms with Gasteiger partial charge in [0.1, 0.15) is 0 Å². The van der Waals surface area contributed by atoms with E-state index in [1.54, 1.807) is 0 Å². The molecule has 0 unspecified atom stereocenters. The van der Waals surface area contributed by atoms with Crippen molar-refractivity contribution in [3.05, 3.63) is 0 Å². The predicted octanol–water partition coefficient (Wildman–Crippen LogP) is 6.06. The fourth-order valence-electron chi connectivity index (χ4n) is 2.53. The summed E-state index contributed by atoms with van der Waals surface area (Å²) in [7, 11) is 0. The molecule has 1 aliphatic rings. The number of rotatable bonds is 4. The van der Waals surface area contributed by atoms with Crippen LogP contribution in [0.5, 0.6) is 0 Å². The van der Waals surface area contributed by atoms with Gasteiger partial charge in [0.05, 0.1) is 0 Å². The topological polar surface area (TPSA) is 0 Å². The minimum atomic E-state index is 1.000. The van der Waals surface area contributed by atoms with Crippen LogP contribution in [0.3, 0.4) is 0 Å². The lowest BCUT2D eigenvalue weighted by atomic mass is 9.84. The normalized spacial score (nSPS) is 25.1. The number of hydrogen-bond donors (Lipinski definition) is 0. The Kier molecular flexibility index (Phi) is 10.2. The molecule has 0 aliphatic heterocycles. The maximum Gasteiger partial charge on any atom is -0.0420 e. The minimum Gasteiger partial charge on any atom is -0.0654 e. The first-order valence-electron chi connectivity index (χ1n) is 7.63. The summed E-state index contributed by atoms with van der Waals surface area (Å²) >= 11 is 0. The molecule has 98 valence electrons. The van der Waals surface area contributed by atoms with E-state index in [2.05, 4.69) is 34.6 Å². The average Bonchev–Trinajstić information content (AvgIpc) is 2.31. The van der Waals surface area contributed by atoms with Gasteiger partial charge in [-0.3, -0.25) is 0 Å². The lowest BCUT2D eigenvalue weighted by molar-refractivity contribution is 0.308. The highest BCUT2D eigenvalue weighted by molar-refractivity contribution is 4.65. The zero-order chi connectivity index (χ0) is 12.4. The molecule has 1 rings (SSSR count). The maximum absolute atomic E-state index is 2.37. The first kappa shape index (κ1) is 16.0. The van der Waals surface area contributed by atoms with Gasteiger partial charge in [-0.15, -0.1) is 0 Å². The van der Waals surface area contributed by atoms with Crippen LogP contribution in [0.4, 0.5) is 0 Å². The van der Waals surface area contributed by atoms with E-state index in [0.29, 0.717) is 0 Å². The van der Waals surface area contributed by atoms with Gasteiger partial charge < -0.3 is 0 Å². The second-order valence-corrected chi connectivity index (χ2v) is 5.84. The van der Waals surface area contributed by atoms with Gasteiger partial charge in [-0.05, 0) is 17.8 Å². The summed E-state index contributed by atoms with van der Waals surface area (Å²) < 4.78 is 0. The van der Waals surface area contributed by atoms with Crippen molar-refractivity contribution >= 4 is 0 Å². The summed E-state index contributed by atoms with van der Waals surface area (Å²) in [4.78, 5) is 0. The SMILES string of the molecule is CC1CCC(C)CC1.CCCC(CC)CC. The first-order valence-corrected chi connectivity index (χ1v) is 7.63. The van der Waals surface area contributed by atoms with Gasteiger partial charge in [-0.2, -0.15) is 0 Å². The van der Waals surface area contributed by atoms with Crippen molar-refractivity contribution < 1.29 is 0 Å². The Hall–Kier alpha value is 0. The third-order valence-electron chi connectivity index (χ3n) is 4.16. The second-order valence-electron chi connectivity index (χ2n) is 5.84. The Morgan fingerprint density at radius 1 is 0.812 bits per heavy atom. The molecule has 0 amide bonds. The molecule has 0 bridgehead atoms. The highest BCUT2D eigenvalue weighted by atomic mass is 14.2. The van der Waals surface area contributed by atoms with Gasteiger partial charge in [0.15, 0.2) is 0 Å². The second kappa shape index (κ2) is 10.2. The van der Waals surface area contributed by atoms with Gasteiger partial charge in [0.25, 0.3) is 0 Å². The van der Waals surface area contributed by atoms with Crippen molar-refractivity contribution in [2.45, 2.75) is 86.0 Å². The molecule has 0 radical (unpaired) electrons. The Balaban J connectivity index is 0.000000281. The summed E-state index contributed by atoms with van der Waals surface area (Å²) in [6.45, 7) is 11.6. The van der Waals surface area contributed by atoms with E-state index in [9.17, 15) is 0 Å². The predicted molar refractivity (Wildman–Crippen MR) is 75.8 cm³/mol. The first-order chi connectivity index (χ1) is 7.63. The third kappa shape index (κ3) is 8.19. The van der Waals surface area contributed by atoms with E-state index in [-0.39, 0.29) is 0 Å². The van der Waals surface area contributed by atoms with Crippen LogP contribution >= 0.6 is 0 Å². The van der Waals surface area contributed by atoms with E-state index < -0.39 is 0 Å². The quantitative estimate of drug-likeness (QED) is 0.547. The summed E-state index contributed by atoms with van der Waals surface area (Å²) in [5, 5.41) is 0. The molecular weight excluding hydrogens is 192 g/mol. The minimum absolute atomic E-state index is 1.000. The molecule has 16 heavy (non-hydrogen) atoms. The van der Waals surface area contributed by atoms with Gasteiger partial charge in [0, 0.05) is 0 Å². The van der Waals surface area contributed by atoms with Crippen molar-refractivity contribution in [2.75, 3.05) is 0 Å². The van der Waals surface area contributed by atoms with E-state index in [1.165, 1.54) is 51.4 Å². The van der Waals surface area contributed by atoms with E-state index >= 15 is 0 Å². The Bertz CT molecular complexity index is 117. The van der Waals surface area contributed by atoms with Gasteiger partial charge >= 0.3 is 0 Å². The molecule has 1 saturated carbocycles. The molecule has 0 heteroatoms. The van der Waals surface area contributed by atoms with Crippen LogP contribution in [0.2, 0.25) is 0 Å². The third-order valence-corrected chi connectivity index (χ3v) is 4.16. The number of hydrogen-bond acceptors (Lipinski definition) is 0. The van der Waals surface area contributed by atoms with E-state index in [4.69, 9.17) is 0 Å². The van der Waals surface area contributed by atoms with Gasteiger partial charge in [-0.25, -0.2) is 0 Å². The Labute approximate surface area is 104 Å². The lowest BCUT2D eigenvalue weighted by Gasteiger charge is -2.22. The summed E-state index contributed by atoms with van der Waals surface area (Å²) in [5.74, 6) is 3.04. The Morgan fingerprint density at radius 3 is 1.38 bits per heavy atom. The van der Waals surface area contributed by atoms with Crippen molar-refractivity contribution in [3.8, 4) is 0 Å². The van der Waals surface area contributed by atoms with Crippen LogP contribution in [0.15, 0.2) is 0 Å². The van der Waals surface area contributed by atoms with E-state index in [0.717, 1.165) is 17.8 Å². The molecule has 0 aromatic carbocycles. The molecule has 0 aromatic heterocycles.